The summed E-state index contributed by atoms with van der Waals surface area (Å²) in [7, 11) is -3.80. The average molecular weight is 347 g/mol. The van der Waals surface area contributed by atoms with Crippen molar-refractivity contribution in [1.29, 1.82) is 0 Å². The van der Waals surface area contributed by atoms with Gasteiger partial charge in [0.2, 0.25) is 0 Å². The molecule has 0 aromatic heterocycles. The number of hydrogen-bond donors (Lipinski definition) is 0. The van der Waals surface area contributed by atoms with Crippen molar-refractivity contribution in [2.75, 3.05) is 5.75 Å². The number of hydrogen-bond acceptors (Lipinski definition) is 5. The van der Waals surface area contributed by atoms with Crippen molar-refractivity contribution in [3.05, 3.63) is 12.2 Å². The van der Waals surface area contributed by atoms with E-state index in [0.717, 1.165) is 19.3 Å². The molecule has 0 bridgehead atoms. The van der Waals surface area contributed by atoms with Crippen molar-refractivity contribution >= 4 is 16.1 Å². The van der Waals surface area contributed by atoms with Gasteiger partial charge in [0.15, 0.2) is 0 Å². The third-order valence-electron chi connectivity index (χ3n) is 2.81. The quantitative estimate of drug-likeness (QED) is 0.170. The minimum Gasteiger partial charge on any atom is -1.00 e. The van der Waals surface area contributed by atoms with Gasteiger partial charge in [-0.1, -0.05) is 62.8 Å². The zero-order valence-electron chi connectivity index (χ0n) is 14.5. The molecule has 0 saturated carbocycles. The van der Waals surface area contributed by atoms with E-state index in [4.69, 9.17) is 0 Å². The molecule has 0 fully saturated rings. The van der Waals surface area contributed by atoms with E-state index in [2.05, 4.69) is 22.7 Å². The van der Waals surface area contributed by atoms with Gasteiger partial charge < -0.3 is 1.43 Å². The zero-order valence-corrected chi connectivity index (χ0v) is 17.5. The first-order valence-corrected chi connectivity index (χ1v) is 8.75. The topological polar surface area (TPSA) is 69.7 Å². The van der Waals surface area contributed by atoms with E-state index in [1.165, 1.54) is 32.6 Å². The Kier molecular flexibility index (Phi) is 16.4. The molecule has 0 unspecified atom stereocenters. The van der Waals surface area contributed by atoms with Crippen LogP contribution in [0.3, 0.4) is 0 Å². The van der Waals surface area contributed by atoms with E-state index in [1.807, 2.05) is 0 Å². The molecule has 0 radical (unpaired) electrons. The number of carbonyl (C=O) groups excluding carboxylic acids is 1. The van der Waals surface area contributed by atoms with Gasteiger partial charge in [0, 0.05) is 5.57 Å². The molecule has 0 aromatic carbocycles. The summed E-state index contributed by atoms with van der Waals surface area (Å²) in [6.45, 7) is 6.91. The van der Waals surface area contributed by atoms with E-state index >= 15 is 0 Å². The first-order valence-electron chi connectivity index (χ1n) is 7.17. The standard InChI is InChI=1S/C14H26O5S.K.H/c1-4-5-6-7-8-9-10-11-12-20(16,17)19-18-14(15)13(2)3;;/h2,4-12H2,1,3H3;;/q;+1;-1. The zero-order chi connectivity index (χ0) is 15.4. The molecule has 0 heterocycles. The fourth-order valence-electron chi connectivity index (χ4n) is 1.60. The van der Waals surface area contributed by atoms with Crippen LogP contribution in [0.2, 0.25) is 0 Å². The Morgan fingerprint density at radius 3 is 2.00 bits per heavy atom. The second kappa shape index (κ2) is 14.4. The van der Waals surface area contributed by atoms with Crippen LogP contribution in [0.5, 0.6) is 0 Å². The molecule has 0 atom stereocenters. The van der Waals surface area contributed by atoms with Crippen LogP contribution in [0.25, 0.3) is 0 Å². The van der Waals surface area contributed by atoms with Crippen molar-refractivity contribution in [3.8, 4) is 0 Å². The molecular weight excluding hydrogens is 319 g/mol. The molecule has 0 aliphatic rings. The van der Waals surface area contributed by atoms with Crippen LogP contribution in [-0.4, -0.2) is 20.1 Å². The van der Waals surface area contributed by atoms with Crippen molar-refractivity contribution in [3.63, 3.8) is 0 Å². The van der Waals surface area contributed by atoms with Gasteiger partial charge in [-0.05, 0) is 13.3 Å². The molecule has 5 nitrogen and oxygen atoms in total. The van der Waals surface area contributed by atoms with E-state index in [-0.39, 0.29) is 64.1 Å². The largest absolute Gasteiger partial charge is 1.00 e. The van der Waals surface area contributed by atoms with Gasteiger partial charge in [-0.2, -0.15) is 8.42 Å². The summed E-state index contributed by atoms with van der Waals surface area (Å²) in [4.78, 5) is 15.1. The van der Waals surface area contributed by atoms with Gasteiger partial charge in [-0.25, -0.2) is 4.79 Å². The molecule has 120 valence electrons. The van der Waals surface area contributed by atoms with Crippen LogP contribution in [0.15, 0.2) is 12.2 Å². The Labute approximate surface area is 172 Å². The summed E-state index contributed by atoms with van der Waals surface area (Å²) in [5, 5.41) is 0. The van der Waals surface area contributed by atoms with E-state index < -0.39 is 16.1 Å². The molecule has 0 aliphatic carbocycles. The summed E-state index contributed by atoms with van der Waals surface area (Å²) in [6.07, 6.45) is 8.43. The third-order valence-corrected chi connectivity index (χ3v) is 3.87. The first kappa shape index (κ1) is 24.0. The fourth-order valence-corrected chi connectivity index (χ4v) is 2.39. The van der Waals surface area contributed by atoms with Crippen molar-refractivity contribution in [2.24, 2.45) is 0 Å². The van der Waals surface area contributed by atoms with Gasteiger partial charge in [-0.15, -0.1) is 0 Å². The first-order chi connectivity index (χ1) is 9.39. The Hall–Kier alpha value is 0.756. The minimum atomic E-state index is -3.80. The van der Waals surface area contributed by atoms with E-state index in [9.17, 15) is 13.2 Å². The molecule has 0 N–H and O–H groups in total. The molecule has 0 amide bonds. The molecule has 0 aliphatic heterocycles. The Bertz CT molecular complexity index is 398. The Morgan fingerprint density at radius 1 is 1.05 bits per heavy atom. The monoisotopic (exact) mass is 346 g/mol. The van der Waals surface area contributed by atoms with Crippen LogP contribution in [0, 0.1) is 0 Å². The maximum Gasteiger partial charge on any atom is 1.00 e. The molecular formula is C14H27KO5S. The summed E-state index contributed by atoms with van der Waals surface area (Å²) >= 11 is 0. The third kappa shape index (κ3) is 15.4. The molecule has 21 heavy (non-hydrogen) atoms. The fraction of sp³-hybridized carbons (Fsp3) is 0.786. The Balaban J connectivity index is -0.00000180. The maximum atomic E-state index is 11.4. The maximum absolute atomic E-state index is 11.4. The van der Waals surface area contributed by atoms with Crippen LogP contribution >= 0.6 is 0 Å². The SMILES string of the molecule is C=C(C)C(=O)OOS(=O)(=O)CCCCCCCCCC.[H-].[K+]. The molecule has 0 aromatic rings. The van der Waals surface area contributed by atoms with E-state index in [0.29, 0.717) is 6.42 Å². The van der Waals surface area contributed by atoms with Crippen molar-refractivity contribution in [1.82, 2.24) is 0 Å². The minimum absolute atomic E-state index is 0. The summed E-state index contributed by atoms with van der Waals surface area (Å²) in [5.41, 5.74) is 0.0901. The number of unbranched alkanes of at least 4 members (excludes halogenated alkanes) is 7. The van der Waals surface area contributed by atoms with Crippen molar-refractivity contribution in [2.45, 2.75) is 65.2 Å². The van der Waals surface area contributed by atoms with E-state index in [1.54, 1.807) is 0 Å². The summed E-state index contributed by atoms with van der Waals surface area (Å²) in [5.74, 6) is -1.00. The van der Waals surface area contributed by atoms with Crippen LogP contribution < -0.4 is 51.4 Å². The van der Waals surface area contributed by atoms with Gasteiger partial charge >= 0.3 is 67.5 Å². The van der Waals surface area contributed by atoms with Gasteiger partial charge in [0.1, 0.15) is 0 Å². The predicted octanol–water partition coefficient (Wildman–Crippen LogP) is 0.624. The average Bonchev–Trinajstić information content (AvgIpc) is 2.39. The van der Waals surface area contributed by atoms with Gasteiger partial charge in [-0.3, -0.25) is 4.89 Å². The number of carbonyl (C=O) groups is 1. The Morgan fingerprint density at radius 2 is 1.52 bits per heavy atom. The second-order valence-electron chi connectivity index (χ2n) is 4.96. The van der Waals surface area contributed by atoms with Crippen molar-refractivity contribution < 1.29 is 75.2 Å². The predicted molar refractivity (Wildman–Crippen MR) is 79.5 cm³/mol. The van der Waals surface area contributed by atoms with Crippen LogP contribution in [0.1, 0.15) is 66.6 Å². The summed E-state index contributed by atoms with van der Waals surface area (Å²) < 4.78 is 27.0. The molecule has 7 heteroatoms. The second-order valence-corrected chi connectivity index (χ2v) is 6.62. The normalized spacial score (nSPS) is 10.8. The van der Waals surface area contributed by atoms with Gasteiger partial charge in [0.05, 0.1) is 5.75 Å². The van der Waals surface area contributed by atoms with Crippen LogP contribution in [-0.2, 0) is 24.1 Å². The van der Waals surface area contributed by atoms with Crippen LogP contribution in [0.4, 0.5) is 0 Å². The number of rotatable bonds is 12. The molecule has 0 rings (SSSR count). The molecule has 0 spiro atoms. The van der Waals surface area contributed by atoms with Gasteiger partial charge in [0.25, 0.3) is 0 Å². The molecule has 0 saturated heterocycles. The smallest absolute Gasteiger partial charge is 1.00 e. The summed E-state index contributed by atoms with van der Waals surface area (Å²) in [6, 6.07) is 0.